The minimum Gasteiger partial charge on any atom is -0.493 e. The third-order valence-corrected chi connectivity index (χ3v) is 4.59. The van der Waals surface area contributed by atoms with Crippen LogP contribution in [-0.4, -0.2) is 58.8 Å². The van der Waals surface area contributed by atoms with Gasteiger partial charge in [0.2, 0.25) is 17.6 Å². The number of nitrogens with zero attached hydrogens (tertiary/aromatic N) is 1. The number of benzene rings is 1. The van der Waals surface area contributed by atoms with E-state index in [0.717, 1.165) is 6.54 Å². The summed E-state index contributed by atoms with van der Waals surface area (Å²) in [6.45, 7) is 5.71. The zero-order chi connectivity index (χ0) is 20.0. The third kappa shape index (κ3) is 5.42. The number of halogens is 1. The Balaban J connectivity index is 0.00000392. The first kappa shape index (κ1) is 23.8. The normalized spacial score (nSPS) is 17.0. The van der Waals surface area contributed by atoms with E-state index < -0.39 is 0 Å². The Kier molecular flexibility index (Phi) is 9.34. The van der Waals surface area contributed by atoms with Crippen molar-refractivity contribution in [1.82, 2.24) is 10.6 Å². The molecule has 2 rings (SSSR count). The number of ether oxygens (including phenoxy) is 3. The minimum atomic E-state index is -0.384. The van der Waals surface area contributed by atoms with Crippen LogP contribution in [0.5, 0.6) is 17.2 Å². The second-order valence-electron chi connectivity index (χ2n) is 6.49. The van der Waals surface area contributed by atoms with Crippen molar-refractivity contribution >= 4 is 29.9 Å². The van der Waals surface area contributed by atoms with E-state index >= 15 is 0 Å². The van der Waals surface area contributed by atoms with Crippen LogP contribution in [0, 0.1) is 5.92 Å². The molecule has 2 amide bonds. The van der Waals surface area contributed by atoms with Crippen LogP contribution in [0.15, 0.2) is 12.1 Å². The van der Waals surface area contributed by atoms with Crippen LogP contribution >= 0.6 is 12.4 Å². The Hall–Kier alpha value is -2.19. The van der Waals surface area contributed by atoms with Gasteiger partial charge in [-0.05, 0) is 13.5 Å². The van der Waals surface area contributed by atoms with Gasteiger partial charge in [0.15, 0.2) is 11.5 Å². The summed E-state index contributed by atoms with van der Waals surface area (Å²) in [5.74, 6) is 0.791. The highest BCUT2D eigenvalue weighted by Crippen LogP contribution is 2.42. The van der Waals surface area contributed by atoms with Crippen molar-refractivity contribution in [3.63, 3.8) is 0 Å². The average Bonchev–Trinajstić information content (AvgIpc) is 3.06. The number of nitrogens with one attached hydrogen (secondary N) is 2. The first-order valence-corrected chi connectivity index (χ1v) is 9.06. The second-order valence-corrected chi connectivity index (χ2v) is 6.49. The highest BCUT2D eigenvalue weighted by Gasteiger charge is 2.36. The van der Waals surface area contributed by atoms with Gasteiger partial charge in [0, 0.05) is 37.7 Å². The Bertz CT molecular complexity index is 661. The van der Waals surface area contributed by atoms with Crippen LogP contribution in [0.25, 0.3) is 0 Å². The SMILES string of the molecule is CCN[C@H](C)CNC(=O)C1CC(=O)N(c2cc(OC)c(OC)c(OC)c2)C1.Cl. The predicted octanol–water partition coefficient (Wildman–Crippen LogP) is 1.60. The molecule has 1 aliphatic heterocycles. The van der Waals surface area contributed by atoms with Gasteiger partial charge >= 0.3 is 0 Å². The molecule has 0 radical (unpaired) electrons. The zero-order valence-corrected chi connectivity index (χ0v) is 17.9. The highest BCUT2D eigenvalue weighted by atomic mass is 35.5. The minimum absolute atomic E-state index is 0. The summed E-state index contributed by atoms with van der Waals surface area (Å²) >= 11 is 0. The number of carbonyl (C=O) groups is 2. The average molecular weight is 416 g/mol. The van der Waals surface area contributed by atoms with Gasteiger partial charge in [-0.2, -0.15) is 0 Å². The molecule has 28 heavy (non-hydrogen) atoms. The molecule has 0 saturated carbocycles. The van der Waals surface area contributed by atoms with Gasteiger partial charge in [-0.1, -0.05) is 6.92 Å². The fourth-order valence-corrected chi connectivity index (χ4v) is 3.17. The van der Waals surface area contributed by atoms with E-state index in [0.29, 0.717) is 36.0 Å². The molecular weight excluding hydrogens is 386 g/mol. The molecule has 1 heterocycles. The first-order chi connectivity index (χ1) is 12.9. The van der Waals surface area contributed by atoms with E-state index in [1.54, 1.807) is 17.0 Å². The number of anilines is 1. The number of likely N-dealkylation sites (N-methyl/N-ethyl adjacent to an activating group) is 1. The number of hydrogen-bond donors (Lipinski definition) is 2. The van der Waals surface area contributed by atoms with Crippen molar-refractivity contribution in [2.24, 2.45) is 5.92 Å². The summed E-state index contributed by atoms with van der Waals surface area (Å²) in [7, 11) is 4.57. The van der Waals surface area contributed by atoms with Crippen molar-refractivity contribution < 1.29 is 23.8 Å². The number of methoxy groups -OCH3 is 3. The van der Waals surface area contributed by atoms with Crippen molar-refractivity contribution in [1.29, 1.82) is 0 Å². The lowest BCUT2D eigenvalue weighted by Crippen LogP contribution is -2.41. The molecule has 1 unspecified atom stereocenters. The number of amides is 2. The summed E-state index contributed by atoms with van der Waals surface area (Å²) < 4.78 is 16.0. The maximum atomic E-state index is 12.5. The third-order valence-electron chi connectivity index (χ3n) is 4.59. The standard InChI is InChI=1S/C19H29N3O5.ClH/c1-6-20-12(2)10-21-19(24)13-7-17(23)22(11-13)14-8-15(25-3)18(27-5)16(9-14)26-4;/h8-9,12-13,20H,6-7,10-11H2,1-5H3,(H,21,24);1H/t12-,13?;/m1./s1. The van der Waals surface area contributed by atoms with Gasteiger partial charge in [0.25, 0.3) is 0 Å². The Labute approximate surface area is 172 Å². The van der Waals surface area contributed by atoms with Crippen LogP contribution < -0.4 is 29.7 Å². The van der Waals surface area contributed by atoms with Gasteiger partial charge in [-0.3, -0.25) is 9.59 Å². The lowest BCUT2D eigenvalue weighted by Gasteiger charge is -2.20. The van der Waals surface area contributed by atoms with Gasteiger partial charge in [0.05, 0.1) is 32.9 Å². The summed E-state index contributed by atoms with van der Waals surface area (Å²) in [5.41, 5.74) is 0.616. The monoisotopic (exact) mass is 415 g/mol. The molecule has 1 aromatic rings. The molecule has 2 atom stereocenters. The van der Waals surface area contributed by atoms with Gasteiger partial charge in [-0.25, -0.2) is 0 Å². The lowest BCUT2D eigenvalue weighted by atomic mass is 10.1. The topological polar surface area (TPSA) is 89.1 Å². The Morgan fingerprint density at radius 1 is 1.21 bits per heavy atom. The van der Waals surface area contributed by atoms with E-state index in [4.69, 9.17) is 14.2 Å². The number of carbonyl (C=O) groups excluding carboxylic acids is 2. The van der Waals surface area contributed by atoms with Gasteiger partial charge < -0.3 is 29.7 Å². The zero-order valence-electron chi connectivity index (χ0n) is 17.0. The van der Waals surface area contributed by atoms with E-state index in [1.807, 2.05) is 13.8 Å². The fraction of sp³-hybridized carbons (Fsp3) is 0.579. The van der Waals surface area contributed by atoms with Crippen LogP contribution in [0.1, 0.15) is 20.3 Å². The predicted molar refractivity (Wildman–Crippen MR) is 110 cm³/mol. The van der Waals surface area contributed by atoms with Crippen molar-refractivity contribution in [2.75, 3.05) is 45.9 Å². The maximum Gasteiger partial charge on any atom is 0.227 e. The van der Waals surface area contributed by atoms with Crippen molar-refractivity contribution in [2.45, 2.75) is 26.3 Å². The largest absolute Gasteiger partial charge is 0.493 e. The molecule has 9 heteroatoms. The van der Waals surface area contributed by atoms with E-state index in [9.17, 15) is 9.59 Å². The molecule has 1 fully saturated rings. The van der Waals surface area contributed by atoms with Crippen LogP contribution in [0.3, 0.4) is 0 Å². The quantitative estimate of drug-likeness (QED) is 0.636. The summed E-state index contributed by atoms with van der Waals surface area (Å²) in [4.78, 5) is 26.5. The maximum absolute atomic E-state index is 12.5. The molecule has 158 valence electrons. The molecule has 1 saturated heterocycles. The number of hydrogen-bond acceptors (Lipinski definition) is 6. The van der Waals surface area contributed by atoms with Crippen LogP contribution in [0.2, 0.25) is 0 Å². The van der Waals surface area contributed by atoms with E-state index in [2.05, 4.69) is 10.6 Å². The first-order valence-electron chi connectivity index (χ1n) is 9.06. The molecule has 1 aromatic carbocycles. The van der Waals surface area contributed by atoms with Crippen LogP contribution in [0.4, 0.5) is 5.69 Å². The highest BCUT2D eigenvalue weighted by molar-refractivity contribution is 6.00. The molecule has 0 aliphatic carbocycles. The van der Waals surface area contributed by atoms with Crippen LogP contribution in [-0.2, 0) is 9.59 Å². The summed E-state index contributed by atoms with van der Waals surface area (Å²) in [6.07, 6.45) is 0.179. The molecule has 2 N–H and O–H groups in total. The van der Waals surface area contributed by atoms with Gasteiger partial charge in [-0.15, -0.1) is 12.4 Å². The molecule has 0 spiro atoms. The molecule has 0 bridgehead atoms. The molecule has 0 aromatic heterocycles. The van der Waals surface area contributed by atoms with E-state index in [-0.39, 0.29) is 42.6 Å². The van der Waals surface area contributed by atoms with Gasteiger partial charge in [0.1, 0.15) is 0 Å². The molecular formula is C19H30ClN3O5. The fourth-order valence-electron chi connectivity index (χ4n) is 3.17. The smallest absolute Gasteiger partial charge is 0.227 e. The molecule has 8 nitrogen and oxygen atoms in total. The van der Waals surface area contributed by atoms with Crippen molar-refractivity contribution in [3.8, 4) is 17.2 Å². The Morgan fingerprint density at radius 3 is 2.32 bits per heavy atom. The Morgan fingerprint density at radius 2 is 1.82 bits per heavy atom. The molecule has 1 aliphatic rings. The summed E-state index contributed by atoms with van der Waals surface area (Å²) in [5, 5.41) is 6.15. The van der Waals surface area contributed by atoms with E-state index in [1.165, 1.54) is 21.3 Å². The van der Waals surface area contributed by atoms with Crippen molar-refractivity contribution in [3.05, 3.63) is 12.1 Å². The number of rotatable bonds is 9. The second kappa shape index (κ2) is 11.0. The lowest BCUT2D eigenvalue weighted by molar-refractivity contribution is -0.126. The summed E-state index contributed by atoms with van der Waals surface area (Å²) in [6, 6.07) is 3.61.